The molecule has 0 aliphatic heterocycles. The van der Waals surface area contributed by atoms with Crippen molar-refractivity contribution in [3.8, 4) is 0 Å². The zero-order valence-electron chi connectivity index (χ0n) is 11.6. The van der Waals surface area contributed by atoms with E-state index in [9.17, 15) is 0 Å². The van der Waals surface area contributed by atoms with Gasteiger partial charge in [0.2, 0.25) is 0 Å². The molecule has 0 aliphatic rings. The van der Waals surface area contributed by atoms with E-state index in [0.29, 0.717) is 5.82 Å². The Kier molecular flexibility index (Phi) is 4.32. The van der Waals surface area contributed by atoms with Gasteiger partial charge in [0.1, 0.15) is 17.5 Å². The predicted octanol–water partition coefficient (Wildman–Crippen LogP) is 2.59. The molecule has 0 fully saturated rings. The molecule has 1 aromatic heterocycles. The van der Waals surface area contributed by atoms with Crippen molar-refractivity contribution in [2.24, 2.45) is 0 Å². The van der Waals surface area contributed by atoms with Gasteiger partial charge in [0.25, 0.3) is 0 Å². The van der Waals surface area contributed by atoms with E-state index in [1.54, 1.807) is 0 Å². The zero-order chi connectivity index (χ0) is 13.1. The summed E-state index contributed by atoms with van der Waals surface area (Å²) in [6, 6.07) is 1.84. The number of hydrogen-bond donors (Lipinski definition) is 1. The molecule has 0 atom stereocenters. The lowest BCUT2D eigenvalue weighted by Gasteiger charge is -2.22. The average Bonchev–Trinajstić information content (AvgIpc) is 2.23. The molecule has 0 bridgehead atoms. The summed E-state index contributed by atoms with van der Waals surface area (Å²) in [7, 11) is 2.05. The van der Waals surface area contributed by atoms with E-state index in [-0.39, 0.29) is 5.41 Å². The molecule has 0 saturated heterocycles. The highest BCUT2D eigenvalue weighted by atomic mass is 15.2. The fraction of sp³-hybridized carbons (Fsp3) is 0.692. The minimum absolute atomic E-state index is 0.0737. The fourth-order valence-corrected chi connectivity index (χ4v) is 1.49. The van der Waals surface area contributed by atoms with Crippen LogP contribution in [0.3, 0.4) is 0 Å². The molecule has 17 heavy (non-hydrogen) atoms. The quantitative estimate of drug-likeness (QED) is 0.873. The van der Waals surface area contributed by atoms with E-state index in [1.807, 2.05) is 13.1 Å². The highest BCUT2D eigenvalue weighted by molar-refractivity contribution is 5.46. The Morgan fingerprint density at radius 3 is 2.47 bits per heavy atom. The van der Waals surface area contributed by atoms with Gasteiger partial charge in [0.15, 0.2) is 0 Å². The molecule has 0 unspecified atom stereocenters. The van der Waals surface area contributed by atoms with Crippen molar-refractivity contribution in [2.45, 2.75) is 46.0 Å². The van der Waals surface area contributed by atoms with Crippen LogP contribution in [0.4, 0.5) is 11.6 Å². The van der Waals surface area contributed by atoms with Crippen LogP contribution >= 0.6 is 0 Å². The first-order valence-corrected chi connectivity index (χ1v) is 6.20. The SMILES string of the molecule is CCCCN(C)c1cc(N)nc(C(C)(C)C)n1. The number of hydrogen-bond acceptors (Lipinski definition) is 4. The van der Waals surface area contributed by atoms with E-state index in [4.69, 9.17) is 5.73 Å². The van der Waals surface area contributed by atoms with Crippen LogP contribution in [0.2, 0.25) is 0 Å². The third-order valence-corrected chi connectivity index (χ3v) is 2.64. The van der Waals surface area contributed by atoms with Crippen LogP contribution in [0.1, 0.15) is 46.4 Å². The van der Waals surface area contributed by atoms with Crippen LogP contribution in [-0.2, 0) is 5.41 Å². The average molecular weight is 236 g/mol. The minimum atomic E-state index is -0.0737. The van der Waals surface area contributed by atoms with Gasteiger partial charge >= 0.3 is 0 Å². The largest absolute Gasteiger partial charge is 0.384 e. The Morgan fingerprint density at radius 2 is 1.94 bits per heavy atom. The van der Waals surface area contributed by atoms with Gasteiger partial charge in [-0.25, -0.2) is 9.97 Å². The Labute approximate surface area is 104 Å². The standard InChI is InChI=1S/C13H24N4/c1-6-7-8-17(5)11-9-10(14)15-12(16-11)13(2,3)4/h9H,6-8H2,1-5H3,(H2,14,15,16). The van der Waals surface area contributed by atoms with E-state index in [0.717, 1.165) is 24.6 Å². The zero-order valence-corrected chi connectivity index (χ0v) is 11.6. The molecule has 0 spiro atoms. The molecular formula is C13H24N4. The van der Waals surface area contributed by atoms with Crippen molar-refractivity contribution in [2.75, 3.05) is 24.2 Å². The van der Waals surface area contributed by atoms with Gasteiger partial charge in [0.05, 0.1) is 0 Å². The molecule has 4 nitrogen and oxygen atoms in total. The highest BCUT2D eigenvalue weighted by Crippen LogP contribution is 2.22. The molecule has 0 radical (unpaired) electrons. The molecule has 4 heteroatoms. The molecule has 2 N–H and O–H groups in total. The van der Waals surface area contributed by atoms with Crippen molar-refractivity contribution in [1.29, 1.82) is 0 Å². The summed E-state index contributed by atoms with van der Waals surface area (Å²) in [6.07, 6.45) is 2.34. The van der Waals surface area contributed by atoms with Gasteiger partial charge in [-0.05, 0) is 6.42 Å². The summed E-state index contributed by atoms with van der Waals surface area (Å²) in [5, 5.41) is 0. The lowest BCUT2D eigenvalue weighted by Crippen LogP contribution is -2.23. The Balaban J connectivity index is 2.97. The van der Waals surface area contributed by atoms with Crippen LogP contribution in [0.25, 0.3) is 0 Å². The van der Waals surface area contributed by atoms with Gasteiger partial charge < -0.3 is 10.6 Å². The van der Waals surface area contributed by atoms with Crippen molar-refractivity contribution < 1.29 is 0 Å². The van der Waals surface area contributed by atoms with Crippen molar-refractivity contribution in [3.05, 3.63) is 11.9 Å². The molecule has 1 heterocycles. The van der Waals surface area contributed by atoms with Gasteiger partial charge in [0, 0.05) is 25.1 Å². The normalized spacial score (nSPS) is 11.6. The second-order valence-electron chi connectivity index (χ2n) is 5.50. The van der Waals surface area contributed by atoms with E-state index >= 15 is 0 Å². The van der Waals surface area contributed by atoms with Crippen LogP contribution in [0.5, 0.6) is 0 Å². The Morgan fingerprint density at radius 1 is 1.29 bits per heavy atom. The molecule has 1 rings (SSSR count). The number of anilines is 2. The van der Waals surface area contributed by atoms with Gasteiger partial charge in [-0.2, -0.15) is 0 Å². The molecule has 0 saturated carbocycles. The van der Waals surface area contributed by atoms with Crippen molar-refractivity contribution in [3.63, 3.8) is 0 Å². The first kappa shape index (κ1) is 13.7. The Bertz CT molecular complexity index is 368. The summed E-state index contributed by atoms with van der Waals surface area (Å²) in [6.45, 7) is 9.46. The van der Waals surface area contributed by atoms with Crippen molar-refractivity contribution >= 4 is 11.6 Å². The van der Waals surface area contributed by atoms with Crippen LogP contribution in [0.15, 0.2) is 6.07 Å². The van der Waals surface area contributed by atoms with Gasteiger partial charge in [-0.15, -0.1) is 0 Å². The number of unbranched alkanes of at least 4 members (excludes halogenated alkanes) is 1. The topological polar surface area (TPSA) is 55.0 Å². The summed E-state index contributed by atoms with van der Waals surface area (Å²) in [4.78, 5) is 11.0. The van der Waals surface area contributed by atoms with E-state index in [1.165, 1.54) is 6.42 Å². The second-order valence-corrected chi connectivity index (χ2v) is 5.50. The maximum Gasteiger partial charge on any atom is 0.138 e. The fourth-order valence-electron chi connectivity index (χ4n) is 1.49. The van der Waals surface area contributed by atoms with E-state index < -0.39 is 0 Å². The van der Waals surface area contributed by atoms with Crippen LogP contribution in [0, 0.1) is 0 Å². The van der Waals surface area contributed by atoms with Gasteiger partial charge in [-0.3, -0.25) is 0 Å². The maximum atomic E-state index is 5.84. The third-order valence-electron chi connectivity index (χ3n) is 2.64. The third kappa shape index (κ3) is 3.88. The highest BCUT2D eigenvalue weighted by Gasteiger charge is 2.19. The summed E-state index contributed by atoms with van der Waals surface area (Å²) in [5.41, 5.74) is 5.77. The molecule has 0 amide bonds. The molecule has 0 aliphatic carbocycles. The molecular weight excluding hydrogens is 212 g/mol. The van der Waals surface area contributed by atoms with E-state index in [2.05, 4.69) is 42.6 Å². The smallest absolute Gasteiger partial charge is 0.138 e. The first-order valence-electron chi connectivity index (χ1n) is 6.20. The number of rotatable bonds is 4. The summed E-state index contributed by atoms with van der Waals surface area (Å²) < 4.78 is 0. The first-order chi connectivity index (χ1) is 7.84. The Hall–Kier alpha value is -1.32. The summed E-state index contributed by atoms with van der Waals surface area (Å²) >= 11 is 0. The van der Waals surface area contributed by atoms with Gasteiger partial charge in [-0.1, -0.05) is 34.1 Å². The number of nitrogens with two attached hydrogens (primary N) is 1. The summed E-state index contributed by atoms with van der Waals surface area (Å²) in [5.74, 6) is 2.26. The number of aromatic nitrogens is 2. The minimum Gasteiger partial charge on any atom is -0.384 e. The predicted molar refractivity (Wildman–Crippen MR) is 73.3 cm³/mol. The molecule has 1 aromatic rings. The number of nitrogen functional groups attached to an aromatic ring is 1. The number of nitrogens with zero attached hydrogens (tertiary/aromatic N) is 3. The van der Waals surface area contributed by atoms with Crippen molar-refractivity contribution in [1.82, 2.24) is 9.97 Å². The molecule has 96 valence electrons. The molecule has 0 aromatic carbocycles. The van der Waals surface area contributed by atoms with Crippen LogP contribution < -0.4 is 10.6 Å². The monoisotopic (exact) mass is 236 g/mol. The second kappa shape index (κ2) is 5.34. The lowest BCUT2D eigenvalue weighted by molar-refractivity contribution is 0.545. The van der Waals surface area contributed by atoms with Crippen LogP contribution in [-0.4, -0.2) is 23.6 Å². The maximum absolute atomic E-state index is 5.84. The lowest BCUT2D eigenvalue weighted by atomic mass is 9.96.